The Hall–Kier alpha value is -1.89. The van der Waals surface area contributed by atoms with E-state index in [2.05, 4.69) is 0 Å². The van der Waals surface area contributed by atoms with Crippen LogP contribution in [0.1, 0.15) is 5.56 Å². The first-order valence-electron chi connectivity index (χ1n) is 7.38. The molecule has 2 aromatic carbocycles. The summed E-state index contributed by atoms with van der Waals surface area (Å²) in [7, 11) is 3.88. The van der Waals surface area contributed by atoms with E-state index in [9.17, 15) is 9.18 Å². The minimum atomic E-state index is -0.479. The Balaban J connectivity index is 1.94. The maximum atomic E-state index is 14.0. The molecule has 0 aromatic heterocycles. The van der Waals surface area contributed by atoms with Crippen molar-refractivity contribution < 1.29 is 9.18 Å². The lowest BCUT2D eigenvalue weighted by Crippen LogP contribution is -2.27. The van der Waals surface area contributed by atoms with Crippen LogP contribution in [0.15, 0.2) is 47.4 Å². The van der Waals surface area contributed by atoms with E-state index in [1.165, 1.54) is 23.1 Å². The molecule has 3 nitrogen and oxygen atoms in total. The van der Waals surface area contributed by atoms with Gasteiger partial charge in [-0.15, -0.1) is 0 Å². The number of anilines is 2. The van der Waals surface area contributed by atoms with Gasteiger partial charge in [0.25, 0.3) is 5.91 Å². The fraction of sp³-hybridized carbons (Fsp3) is 0.111. The summed E-state index contributed by atoms with van der Waals surface area (Å²) in [5, 5.41) is 0.251. The Labute approximate surface area is 160 Å². The zero-order valence-electron chi connectivity index (χ0n) is 13.5. The van der Waals surface area contributed by atoms with Gasteiger partial charge in [-0.2, -0.15) is 0 Å². The molecule has 0 unspecified atom stereocenters. The minimum Gasteiger partial charge on any atom is -0.378 e. The summed E-state index contributed by atoms with van der Waals surface area (Å²) in [5.41, 5.74) is 1.88. The number of thioether (sulfide) groups is 1. The van der Waals surface area contributed by atoms with Crippen LogP contribution < -0.4 is 9.80 Å². The Morgan fingerprint density at radius 2 is 1.88 bits per heavy atom. The van der Waals surface area contributed by atoms with Crippen LogP contribution in [0.5, 0.6) is 0 Å². The summed E-state index contributed by atoms with van der Waals surface area (Å²) in [4.78, 5) is 16.5. The number of thiocarbonyl (C=S) groups is 1. The first-order valence-corrected chi connectivity index (χ1v) is 8.98. The fourth-order valence-corrected chi connectivity index (χ4v) is 3.87. The number of halogens is 2. The van der Waals surface area contributed by atoms with E-state index in [1.807, 2.05) is 43.3 Å². The predicted octanol–water partition coefficient (Wildman–Crippen LogP) is 4.95. The first-order chi connectivity index (χ1) is 11.9. The van der Waals surface area contributed by atoms with E-state index >= 15 is 0 Å². The molecule has 1 aliphatic heterocycles. The molecule has 7 heteroatoms. The van der Waals surface area contributed by atoms with Crippen molar-refractivity contribution >= 4 is 63.3 Å². The van der Waals surface area contributed by atoms with Crippen LogP contribution in [0.3, 0.4) is 0 Å². The number of hydrogen-bond donors (Lipinski definition) is 0. The molecule has 1 heterocycles. The predicted molar refractivity (Wildman–Crippen MR) is 108 cm³/mol. The molecule has 1 fully saturated rings. The van der Waals surface area contributed by atoms with Crippen molar-refractivity contribution in [2.45, 2.75) is 0 Å². The first kappa shape index (κ1) is 17.9. The average Bonchev–Trinajstić information content (AvgIpc) is 2.85. The SMILES string of the molecule is CN(C)c1ccc(N2C(=O)/C(=C\c3c(F)cccc3Cl)SC2=S)cc1. The lowest BCUT2D eigenvalue weighted by molar-refractivity contribution is -0.113. The number of amides is 1. The summed E-state index contributed by atoms with van der Waals surface area (Å²) in [6.07, 6.45) is 1.45. The summed E-state index contributed by atoms with van der Waals surface area (Å²) < 4.78 is 14.4. The number of benzene rings is 2. The number of carbonyl (C=O) groups excluding carboxylic acids is 1. The highest BCUT2D eigenvalue weighted by Gasteiger charge is 2.33. The third kappa shape index (κ3) is 3.56. The molecule has 0 radical (unpaired) electrons. The summed E-state index contributed by atoms with van der Waals surface area (Å²) in [6, 6.07) is 11.9. The van der Waals surface area contributed by atoms with Gasteiger partial charge in [-0.05, 0) is 42.5 Å². The van der Waals surface area contributed by atoms with E-state index in [0.717, 1.165) is 17.4 Å². The van der Waals surface area contributed by atoms with Crippen LogP contribution in [0, 0.1) is 5.82 Å². The van der Waals surface area contributed by atoms with Gasteiger partial charge in [-0.25, -0.2) is 4.39 Å². The zero-order valence-corrected chi connectivity index (χ0v) is 15.9. The zero-order chi connectivity index (χ0) is 18.1. The second-order valence-electron chi connectivity index (χ2n) is 5.56. The Kier molecular flexibility index (Phi) is 5.13. The molecule has 1 saturated heterocycles. The van der Waals surface area contributed by atoms with Gasteiger partial charge in [-0.1, -0.05) is 41.6 Å². The second kappa shape index (κ2) is 7.15. The van der Waals surface area contributed by atoms with Gasteiger partial charge in [0.05, 0.1) is 15.6 Å². The lowest BCUT2D eigenvalue weighted by atomic mass is 10.2. The largest absolute Gasteiger partial charge is 0.378 e. The highest BCUT2D eigenvalue weighted by Crippen LogP contribution is 2.37. The molecule has 0 atom stereocenters. The molecule has 0 aliphatic carbocycles. The molecular weight excluding hydrogens is 379 g/mol. The van der Waals surface area contributed by atoms with E-state index in [4.69, 9.17) is 23.8 Å². The summed E-state index contributed by atoms with van der Waals surface area (Å²) in [6.45, 7) is 0. The van der Waals surface area contributed by atoms with Crippen molar-refractivity contribution in [3.05, 3.63) is 63.8 Å². The van der Waals surface area contributed by atoms with Crippen molar-refractivity contribution in [2.24, 2.45) is 0 Å². The van der Waals surface area contributed by atoms with Crippen LogP contribution in [0.2, 0.25) is 5.02 Å². The van der Waals surface area contributed by atoms with Crippen LogP contribution in [0.4, 0.5) is 15.8 Å². The van der Waals surface area contributed by atoms with Gasteiger partial charge in [0.1, 0.15) is 5.82 Å². The van der Waals surface area contributed by atoms with Crippen molar-refractivity contribution in [1.82, 2.24) is 0 Å². The number of hydrogen-bond acceptors (Lipinski definition) is 4. The van der Waals surface area contributed by atoms with Gasteiger partial charge in [0, 0.05) is 25.3 Å². The molecule has 0 bridgehead atoms. The lowest BCUT2D eigenvalue weighted by Gasteiger charge is -2.17. The van der Waals surface area contributed by atoms with Crippen molar-refractivity contribution in [3.63, 3.8) is 0 Å². The molecular formula is C18H14ClFN2OS2. The average molecular weight is 393 g/mol. The topological polar surface area (TPSA) is 23.6 Å². The molecule has 128 valence electrons. The van der Waals surface area contributed by atoms with Gasteiger partial charge in [0.2, 0.25) is 0 Å². The number of rotatable bonds is 3. The number of nitrogens with zero attached hydrogens (tertiary/aromatic N) is 2. The smallest absolute Gasteiger partial charge is 0.270 e. The maximum absolute atomic E-state index is 14.0. The molecule has 3 rings (SSSR count). The highest BCUT2D eigenvalue weighted by atomic mass is 35.5. The molecule has 1 amide bonds. The minimum absolute atomic E-state index is 0.188. The quantitative estimate of drug-likeness (QED) is 0.544. The molecule has 0 spiro atoms. The number of carbonyl (C=O) groups is 1. The molecule has 2 aromatic rings. The normalized spacial score (nSPS) is 16.0. The summed E-state index contributed by atoms with van der Waals surface area (Å²) in [5.74, 6) is -0.764. The Morgan fingerprint density at radius 1 is 1.20 bits per heavy atom. The summed E-state index contributed by atoms with van der Waals surface area (Å²) >= 11 is 12.5. The third-order valence-corrected chi connectivity index (χ3v) is 5.32. The van der Waals surface area contributed by atoms with Gasteiger partial charge >= 0.3 is 0 Å². The van der Waals surface area contributed by atoms with Gasteiger partial charge in [-0.3, -0.25) is 9.69 Å². The van der Waals surface area contributed by atoms with Crippen LogP contribution in [-0.2, 0) is 4.79 Å². The molecule has 0 saturated carbocycles. The van der Waals surface area contributed by atoms with Crippen LogP contribution in [0.25, 0.3) is 6.08 Å². The van der Waals surface area contributed by atoms with Crippen molar-refractivity contribution in [3.8, 4) is 0 Å². The molecule has 25 heavy (non-hydrogen) atoms. The highest BCUT2D eigenvalue weighted by molar-refractivity contribution is 8.27. The van der Waals surface area contributed by atoms with E-state index < -0.39 is 5.82 Å². The van der Waals surface area contributed by atoms with Crippen molar-refractivity contribution in [2.75, 3.05) is 23.9 Å². The second-order valence-corrected chi connectivity index (χ2v) is 7.65. The maximum Gasteiger partial charge on any atom is 0.270 e. The Morgan fingerprint density at radius 3 is 2.48 bits per heavy atom. The van der Waals surface area contributed by atoms with Crippen LogP contribution >= 0.6 is 35.6 Å². The fourth-order valence-electron chi connectivity index (χ4n) is 2.37. The van der Waals surface area contributed by atoms with E-state index in [0.29, 0.717) is 14.9 Å². The van der Waals surface area contributed by atoms with E-state index in [1.54, 1.807) is 6.07 Å². The Bertz CT molecular complexity index is 861. The third-order valence-electron chi connectivity index (χ3n) is 3.69. The molecule has 0 N–H and O–H groups in total. The standard InChI is InChI=1S/C18H14ClFN2OS2/c1-21(2)11-6-8-12(9-7-11)22-17(23)16(25-18(22)24)10-13-14(19)4-3-5-15(13)20/h3-10H,1-2H3/b16-10+. The van der Waals surface area contributed by atoms with Gasteiger partial charge in [0.15, 0.2) is 4.32 Å². The van der Waals surface area contributed by atoms with Crippen LogP contribution in [-0.4, -0.2) is 24.3 Å². The monoisotopic (exact) mass is 392 g/mol. The molecule has 1 aliphatic rings. The van der Waals surface area contributed by atoms with E-state index in [-0.39, 0.29) is 16.5 Å². The van der Waals surface area contributed by atoms with Crippen molar-refractivity contribution in [1.29, 1.82) is 0 Å². The van der Waals surface area contributed by atoms with Gasteiger partial charge < -0.3 is 4.90 Å².